The Bertz CT molecular complexity index is 552. The molecule has 4 nitrogen and oxygen atoms in total. The summed E-state index contributed by atoms with van der Waals surface area (Å²) in [6.45, 7) is 0.416. The molecule has 0 aliphatic heterocycles. The average molecular weight is 333 g/mol. The normalized spacial score (nSPS) is 10.8. The first-order valence-electron chi connectivity index (χ1n) is 5.75. The number of alkyl halides is 1. The first kappa shape index (κ1) is 16.6. The van der Waals surface area contributed by atoms with Crippen LogP contribution in [0.4, 0.5) is 5.69 Å². The van der Waals surface area contributed by atoms with Crippen molar-refractivity contribution in [2.45, 2.75) is 6.42 Å². The van der Waals surface area contributed by atoms with Gasteiger partial charge in [0.15, 0.2) is 0 Å². The first-order chi connectivity index (χ1) is 9.60. The molecule has 20 heavy (non-hydrogen) atoms. The summed E-state index contributed by atoms with van der Waals surface area (Å²) in [6.07, 6.45) is 1.92. The second-order valence-electron chi connectivity index (χ2n) is 3.71. The third kappa shape index (κ3) is 4.93. The van der Waals surface area contributed by atoms with Gasteiger partial charge in [-0.2, -0.15) is 5.26 Å². The van der Waals surface area contributed by atoms with Gasteiger partial charge in [0.2, 0.25) is 0 Å². The number of carbonyl (C=O) groups is 1. The topological polar surface area (TPSA) is 64.9 Å². The van der Waals surface area contributed by atoms with Crippen LogP contribution in [0.2, 0.25) is 10.0 Å². The van der Waals surface area contributed by atoms with Crippen LogP contribution >= 0.6 is 34.8 Å². The molecular weight excluding hydrogens is 321 g/mol. The molecule has 0 bridgehead atoms. The second kappa shape index (κ2) is 8.70. The Labute approximate surface area is 132 Å². The van der Waals surface area contributed by atoms with Crippen LogP contribution in [0.25, 0.3) is 0 Å². The van der Waals surface area contributed by atoms with Crippen molar-refractivity contribution in [1.29, 1.82) is 5.26 Å². The number of halogens is 3. The third-order valence-corrected chi connectivity index (χ3v) is 3.37. The Kier molecular flexibility index (Phi) is 7.24. The minimum atomic E-state index is -0.469. The van der Waals surface area contributed by atoms with E-state index in [0.29, 0.717) is 34.6 Å². The molecule has 1 amide bonds. The van der Waals surface area contributed by atoms with Crippen molar-refractivity contribution in [1.82, 2.24) is 5.32 Å². The molecule has 0 fully saturated rings. The third-order valence-electron chi connectivity index (χ3n) is 2.28. The zero-order valence-corrected chi connectivity index (χ0v) is 12.7. The lowest BCUT2D eigenvalue weighted by molar-refractivity contribution is -0.117. The van der Waals surface area contributed by atoms with Crippen molar-refractivity contribution in [3.63, 3.8) is 0 Å². The SMILES string of the molecule is N#C/C(=C/Nc1cccc(Cl)c1Cl)C(=O)NCCCCl. The Morgan fingerprint density at radius 2 is 2.15 bits per heavy atom. The van der Waals surface area contributed by atoms with Gasteiger partial charge in [-0.1, -0.05) is 29.3 Å². The minimum absolute atomic E-state index is 0.0596. The van der Waals surface area contributed by atoms with Crippen molar-refractivity contribution >= 4 is 46.4 Å². The maximum atomic E-state index is 11.7. The highest BCUT2D eigenvalue weighted by atomic mass is 35.5. The van der Waals surface area contributed by atoms with Gasteiger partial charge in [0, 0.05) is 18.6 Å². The number of amides is 1. The highest BCUT2D eigenvalue weighted by Gasteiger charge is 2.08. The van der Waals surface area contributed by atoms with E-state index in [-0.39, 0.29) is 5.57 Å². The zero-order valence-electron chi connectivity index (χ0n) is 10.4. The van der Waals surface area contributed by atoms with Crippen LogP contribution in [0.15, 0.2) is 30.0 Å². The zero-order chi connectivity index (χ0) is 15.0. The van der Waals surface area contributed by atoms with Crippen molar-refractivity contribution in [3.8, 4) is 6.07 Å². The summed E-state index contributed by atoms with van der Waals surface area (Å²) in [6, 6.07) is 6.84. The Balaban J connectivity index is 2.73. The van der Waals surface area contributed by atoms with E-state index < -0.39 is 5.91 Å². The highest BCUT2D eigenvalue weighted by molar-refractivity contribution is 6.43. The molecule has 0 unspecified atom stereocenters. The van der Waals surface area contributed by atoms with Gasteiger partial charge in [-0.05, 0) is 18.6 Å². The van der Waals surface area contributed by atoms with E-state index in [1.54, 1.807) is 18.2 Å². The first-order valence-corrected chi connectivity index (χ1v) is 7.04. The molecule has 7 heteroatoms. The number of benzene rings is 1. The molecule has 0 atom stereocenters. The summed E-state index contributed by atoms with van der Waals surface area (Å²) in [5.41, 5.74) is 0.455. The van der Waals surface area contributed by atoms with Crippen LogP contribution in [0, 0.1) is 11.3 Å². The maximum absolute atomic E-state index is 11.7. The maximum Gasteiger partial charge on any atom is 0.263 e. The molecule has 0 radical (unpaired) electrons. The predicted octanol–water partition coefficient (Wildman–Crippen LogP) is 3.56. The van der Waals surface area contributed by atoms with Gasteiger partial charge in [0.1, 0.15) is 11.6 Å². The van der Waals surface area contributed by atoms with E-state index in [1.807, 2.05) is 6.07 Å². The van der Waals surface area contributed by atoms with Crippen LogP contribution in [0.3, 0.4) is 0 Å². The largest absolute Gasteiger partial charge is 0.359 e. The second-order valence-corrected chi connectivity index (χ2v) is 4.88. The number of carbonyl (C=O) groups excluding carboxylic acids is 1. The lowest BCUT2D eigenvalue weighted by Gasteiger charge is -2.06. The lowest BCUT2D eigenvalue weighted by Crippen LogP contribution is -2.26. The summed E-state index contributed by atoms with van der Waals surface area (Å²) in [5.74, 6) is -0.0225. The van der Waals surface area contributed by atoms with Gasteiger partial charge in [0.05, 0.1) is 15.7 Å². The fraction of sp³-hybridized carbons (Fsp3) is 0.231. The van der Waals surface area contributed by atoms with Gasteiger partial charge < -0.3 is 10.6 Å². The molecule has 0 saturated heterocycles. The fourth-order valence-corrected chi connectivity index (χ4v) is 1.77. The van der Waals surface area contributed by atoms with E-state index in [2.05, 4.69) is 10.6 Å². The quantitative estimate of drug-likeness (QED) is 0.362. The minimum Gasteiger partial charge on any atom is -0.359 e. The molecule has 0 saturated carbocycles. The molecule has 0 aliphatic rings. The summed E-state index contributed by atoms with van der Waals surface area (Å²) in [5, 5.41) is 15.0. The molecule has 106 valence electrons. The van der Waals surface area contributed by atoms with E-state index in [9.17, 15) is 4.79 Å². The number of hydrogen-bond donors (Lipinski definition) is 2. The van der Waals surface area contributed by atoms with Crippen molar-refractivity contribution in [2.24, 2.45) is 0 Å². The van der Waals surface area contributed by atoms with Crippen molar-refractivity contribution in [2.75, 3.05) is 17.7 Å². The molecule has 0 aromatic heterocycles. The van der Waals surface area contributed by atoms with Gasteiger partial charge in [-0.15, -0.1) is 11.6 Å². The lowest BCUT2D eigenvalue weighted by atomic mass is 10.2. The molecule has 1 rings (SSSR count). The van der Waals surface area contributed by atoms with Crippen LogP contribution in [-0.2, 0) is 4.79 Å². The standard InChI is InChI=1S/C13H12Cl3N3O/c14-5-2-6-18-13(20)9(7-17)8-19-11-4-1-3-10(15)12(11)16/h1,3-4,8,19H,2,5-6H2,(H,18,20)/b9-8-. The summed E-state index contributed by atoms with van der Waals surface area (Å²) in [4.78, 5) is 11.7. The number of hydrogen-bond acceptors (Lipinski definition) is 3. The summed E-state index contributed by atoms with van der Waals surface area (Å²) >= 11 is 17.3. The molecule has 2 N–H and O–H groups in total. The molecular formula is C13H12Cl3N3O. The van der Waals surface area contributed by atoms with Crippen LogP contribution in [0.1, 0.15) is 6.42 Å². The number of rotatable bonds is 6. The van der Waals surface area contributed by atoms with E-state index in [1.165, 1.54) is 6.20 Å². The summed E-state index contributed by atoms with van der Waals surface area (Å²) < 4.78 is 0. The molecule has 0 heterocycles. The van der Waals surface area contributed by atoms with Crippen LogP contribution in [-0.4, -0.2) is 18.3 Å². The van der Waals surface area contributed by atoms with Crippen molar-refractivity contribution < 1.29 is 4.79 Å². The van der Waals surface area contributed by atoms with Crippen LogP contribution < -0.4 is 10.6 Å². The van der Waals surface area contributed by atoms with Gasteiger partial charge in [-0.25, -0.2) is 0 Å². The molecule has 0 aliphatic carbocycles. The predicted molar refractivity (Wildman–Crippen MR) is 82.1 cm³/mol. The number of nitrogens with zero attached hydrogens (tertiary/aromatic N) is 1. The summed E-state index contributed by atoms with van der Waals surface area (Å²) in [7, 11) is 0. The van der Waals surface area contributed by atoms with Crippen molar-refractivity contribution in [3.05, 3.63) is 40.0 Å². The number of anilines is 1. The molecule has 1 aromatic rings. The van der Waals surface area contributed by atoms with Crippen LogP contribution in [0.5, 0.6) is 0 Å². The average Bonchev–Trinajstić information content (AvgIpc) is 2.44. The monoisotopic (exact) mass is 331 g/mol. The Hall–Kier alpha value is -1.41. The number of nitrogens with one attached hydrogen (secondary N) is 2. The highest BCUT2D eigenvalue weighted by Crippen LogP contribution is 2.29. The fourth-order valence-electron chi connectivity index (χ4n) is 1.28. The smallest absolute Gasteiger partial charge is 0.263 e. The number of nitriles is 1. The van der Waals surface area contributed by atoms with E-state index in [4.69, 9.17) is 40.1 Å². The van der Waals surface area contributed by atoms with Gasteiger partial charge in [-0.3, -0.25) is 4.79 Å². The molecule has 0 spiro atoms. The van der Waals surface area contributed by atoms with E-state index >= 15 is 0 Å². The Morgan fingerprint density at radius 3 is 2.80 bits per heavy atom. The van der Waals surface area contributed by atoms with E-state index in [0.717, 1.165) is 0 Å². The van der Waals surface area contributed by atoms with Gasteiger partial charge >= 0.3 is 0 Å². The molecule has 1 aromatic carbocycles. The Morgan fingerprint density at radius 1 is 1.40 bits per heavy atom. The van der Waals surface area contributed by atoms with Gasteiger partial charge in [0.25, 0.3) is 5.91 Å².